The Morgan fingerprint density at radius 2 is 1.87 bits per heavy atom. The maximum atomic E-state index is 15.4. The average molecular weight is 410 g/mol. The molecule has 1 fully saturated rings. The zero-order valence-electron chi connectivity index (χ0n) is 17.7. The normalized spacial score (nSPS) is 15.9. The van der Waals surface area contributed by atoms with Gasteiger partial charge in [0.25, 0.3) is 0 Å². The highest BCUT2D eigenvalue weighted by molar-refractivity contribution is 5.40. The second-order valence-corrected chi connectivity index (χ2v) is 7.73. The number of rotatable bonds is 6. The van der Waals surface area contributed by atoms with Gasteiger partial charge < -0.3 is 18.8 Å². The standard InChI is InChI=1S/C24H27FN2O3/c1-17-14-21(24(28-3)8-12-29-13-9-24)23(25)22(15-17)30-16-19-4-6-20(7-5-19)27-11-10-26-18(27)2/h4-7,10-11,14-15H,8-9,12-13,16H2,1-3H3. The van der Waals surface area contributed by atoms with Crippen LogP contribution in [0.25, 0.3) is 5.69 Å². The molecule has 1 aliphatic heterocycles. The molecule has 0 atom stereocenters. The third kappa shape index (κ3) is 3.98. The van der Waals surface area contributed by atoms with Crippen LogP contribution in [0.1, 0.15) is 35.4 Å². The van der Waals surface area contributed by atoms with E-state index in [0.29, 0.717) is 31.6 Å². The van der Waals surface area contributed by atoms with Crippen molar-refractivity contribution in [2.24, 2.45) is 0 Å². The molecule has 0 spiro atoms. The number of aromatic nitrogens is 2. The Balaban J connectivity index is 1.54. The lowest BCUT2D eigenvalue weighted by molar-refractivity contribution is -0.0967. The largest absolute Gasteiger partial charge is 0.486 e. The van der Waals surface area contributed by atoms with Gasteiger partial charge in [0.2, 0.25) is 0 Å². The molecule has 30 heavy (non-hydrogen) atoms. The lowest BCUT2D eigenvalue weighted by atomic mass is 9.85. The molecule has 0 bridgehead atoms. The van der Waals surface area contributed by atoms with E-state index in [-0.39, 0.29) is 18.2 Å². The smallest absolute Gasteiger partial charge is 0.171 e. The van der Waals surface area contributed by atoms with Crippen LogP contribution in [0.4, 0.5) is 4.39 Å². The fraction of sp³-hybridized carbons (Fsp3) is 0.375. The molecule has 4 rings (SSSR count). The Kier molecular flexibility index (Phi) is 5.88. The van der Waals surface area contributed by atoms with E-state index in [1.54, 1.807) is 19.4 Å². The minimum Gasteiger partial charge on any atom is -0.486 e. The number of nitrogens with zero attached hydrogens (tertiary/aromatic N) is 2. The number of hydrogen-bond acceptors (Lipinski definition) is 4. The fourth-order valence-corrected chi connectivity index (χ4v) is 4.02. The quantitative estimate of drug-likeness (QED) is 0.582. The van der Waals surface area contributed by atoms with E-state index in [0.717, 1.165) is 22.6 Å². The van der Waals surface area contributed by atoms with Gasteiger partial charge >= 0.3 is 0 Å². The number of halogens is 1. The number of aryl methyl sites for hydroxylation is 2. The van der Waals surface area contributed by atoms with E-state index >= 15 is 4.39 Å². The van der Waals surface area contributed by atoms with Crippen LogP contribution in [0.15, 0.2) is 48.8 Å². The fourth-order valence-electron chi connectivity index (χ4n) is 4.02. The van der Waals surface area contributed by atoms with E-state index in [1.165, 1.54) is 0 Å². The van der Waals surface area contributed by atoms with Gasteiger partial charge in [-0.3, -0.25) is 0 Å². The maximum absolute atomic E-state index is 15.4. The van der Waals surface area contributed by atoms with Crippen LogP contribution in [0.2, 0.25) is 0 Å². The molecule has 1 aliphatic rings. The molecule has 0 unspecified atom stereocenters. The van der Waals surface area contributed by atoms with Crippen molar-refractivity contribution in [1.29, 1.82) is 0 Å². The molecule has 2 aromatic carbocycles. The van der Waals surface area contributed by atoms with Gasteiger partial charge in [-0.15, -0.1) is 0 Å². The van der Waals surface area contributed by atoms with Crippen molar-refractivity contribution in [2.75, 3.05) is 20.3 Å². The van der Waals surface area contributed by atoms with Crippen LogP contribution in [0.3, 0.4) is 0 Å². The molecular weight excluding hydrogens is 383 g/mol. The number of ether oxygens (including phenoxy) is 3. The van der Waals surface area contributed by atoms with Crippen molar-refractivity contribution in [3.05, 3.63) is 77.1 Å². The topological polar surface area (TPSA) is 45.5 Å². The number of imidazole rings is 1. The molecular formula is C24H27FN2O3. The van der Waals surface area contributed by atoms with Gasteiger partial charge in [-0.05, 0) is 49.2 Å². The second-order valence-electron chi connectivity index (χ2n) is 7.73. The molecule has 158 valence electrons. The molecule has 0 aliphatic carbocycles. The summed E-state index contributed by atoms with van der Waals surface area (Å²) in [7, 11) is 1.64. The lowest BCUT2D eigenvalue weighted by Gasteiger charge is -2.37. The Morgan fingerprint density at radius 1 is 1.13 bits per heavy atom. The molecule has 0 radical (unpaired) electrons. The minimum atomic E-state index is -0.670. The van der Waals surface area contributed by atoms with Crippen molar-refractivity contribution < 1.29 is 18.6 Å². The summed E-state index contributed by atoms with van der Waals surface area (Å²) in [6.07, 6.45) is 4.94. The first kappa shape index (κ1) is 20.6. The molecule has 0 amide bonds. The van der Waals surface area contributed by atoms with E-state index in [4.69, 9.17) is 14.2 Å². The monoisotopic (exact) mass is 410 g/mol. The highest BCUT2D eigenvalue weighted by Gasteiger charge is 2.38. The summed E-state index contributed by atoms with van der Waals surface area (Å²) >= 11 is 0. The van der Waals surface area contributed by atoms with Crippen molar-refractivity contribution in [3.63, 3.8) is 0 Å². The number of hydrogen-bond donors (Lipinski definition) is 0. The zero-order valence-corrected chi connectivity index (χ0v) is 17.7. The van der Waals surface area contributed by atoms with E-state index in [1.807, 2.05) is 54.9 Å². The number of benzene rings is 2. The van der Waals surface area contributed by atoms with Gasteiger partial charge in [-0.1, -0.05) is 12.1 Å². The van der Waals surface area contributed by atoms with Gasteiger partial charge in [0, 0.05) is 56.8 Å². The number of methoxy groups -OCH3 is 1. The Hall–Kier alpha value is -2.70. The molecule has 0 saturated carbocycles. The van der Waals surface area contributed by atoms with Crippen LogP contribution < -0.4 is 4.74 Å². The first-order valence-corrected chi connectivity index (χ1v) is 10.2. The van der Waals surface area contributed by atoms with Crippen LogP contribution >= 0.6 is 0 Å². The Labute approximate surface area is 176 Å². The van der Waals surface area contributed by atoms with Crippen molar-refractivity contribution in [2.45, 2.75) is 38.9 Å². The summed E-state index contributed by atoms with van der Waals surface area (Å²) in [6, 6.07) is 11.6. The summed E-state index contributed by atoms with van der Waals surface area (Å²) in [6.45, 7) is 5.30. The van der Waals surface area contributed by atoms with E-state index in [2.05, 4.69) is 4.98 Å². The van der Waals surface area contributed by atoms with Gasteiger partial charge in [-0.25, -0.2) is 9.37 Å². The third-order valence-corrected chi connectivity index (χ3v) is 5.80. The molecule has 2 heterocycles. The summed E-state index contributed by atoms with van der Waals surface area (Å²) in [4.78, 5) is 4.25. The van der Waals surface area contributed by atoms with E-state index in [9.17, 15) is 0 Å². The van der Waals surface area contributed by atoms with Crippen LogP contribution in [0, 0.1) is 19.7 Å². The van der Waals surface area contributed by atoms with Gasteiger partial charge in [-0.2, -0.15) is 0 Å². The van der Waals surface area contributed by atoms with Crippen molar-refractivity contribution >= 4 is 0 Å². The molecule has 3 aromatic rings. The van der Waals surface area contributed by atoms with Gasteiger partial charge in [0.05, 0.1) is 0 Å². The van der Waals surface area contributed by atoms with Gasteiger partial charge in [0.15, 0.2) is 11.6 Å². The summed E-state index contributed by atoms with van der Waals surface area (Å²) in [5.41, 5.74) is 2.81. The summed E-state index contributed by atoms with van der Waals surface area (Å²) in [5, 5.41) is 0. The molecule has 5 nitrogen and oxygen atoms in total. The van der Waals surface area contributed by atoms with Crippen LogP contribution in [0.5, 0.6) is 5.75 Å². The summed E-state index contributed by atoms with van der Waals surface area (Å²) < 4.78 is 34.6. The SMILES string of the molecule is COC1(c2cc(C)cc(OCc3ccc(-n4ccnc4C)cc3)c2F)CCOCC1. The van der Waals surface area contributed by atoms with Gasteiger partial charge in [0.1, 0.15) is 18.0 Å². The molecule has 1 aromatic heterocycles. The van der Waals surface area contributed by atoms with Crippen molar-refractivity contribution in [3.8, 4) is 11.4 Å². The molecule has 0 N–H and O–H groups in total. The van der Waals surface area contributed by atoms with Crippen LogP contribution in [-0.4, -0.2) is 29.9 Å². The van der Waals surface area contributed by atoms with E-state index < -0.39 is 5.60 Å². The van der Waals surface area contributed by atoms with Crippen molar-refractivity contribution in [1.82, 2.24) is 9.55 Å². The predicted molar refractivity (Wildman–Crippen MR) is 113 cm³/mol. The average Bonchev–Trinajstić information content (AvgIpc) is 3.20. The highest BCUT2D eigenvalue weighted by atomic mass is 19.1. The molecule has 6 heteroatoms. The first-order chi connectivity index (χ1) is 14.5. The summed E-state index contributed by atoms with van der Waals surface area (Å²) in [5.74, 6) is 0.825. The Morgan fingerprint density at radius 3 is 2.50 bits per heavy atom. The predicted octanol–water partition coefficient (Wildman–Crippen LogP) is 4.86. The first-order valence-electron chi connectivity index (χ1n) is 10.2. The van der Waals surface area contributed by atoms with Crippen LogP contribution in [-0.2, 0) is 21.7 Å². The Bertz CT molecular complexity index is 1010. The maximum Gasteiger partial charge on any atom is 0.171 e. The zero-order chi connectivity index (χ0) is 21.1. The lowest BCUT2D eigenvalue weighted by Crippen LogP contribution is -2.36. The molecule has 1 saturated heterocycles. The highest BCUT2D eigenvalue weighted by Crippen LogP contribution is 2.40. The third-order valence-electron chi connectivity index (χ3n) is 5.80. The minimum absolute atomic E-state index is 0.252. The second kappa shape index (κ2) is 8.58.